The Kier molecular flexibility index (Phi) is 2.73. The zero-order valence-corrected chi connectivity index (χ0v) is 7.93. The maximum Gasteiger partial charge on any atom is 0.214 e. The first-order valence-corrected chi connectivity index (χ1v) is 4.52. The molecule has 4 nitrogen and oxygen atoms in total. The number of nitrogens with zero attached hydrogens (tertiary/aromatic N) is 2. The van der Waals surface area contributed by atoms with E-state index in [4.69, 9.17) is 5.73 Å². The SMILES string of the molecule is NC(F)C1=CCC=C(c2ncon2)C=C1. The Labute approximate surface area is 86.0 Å². The number of hydrogen-bond acceptors (Lipinski definition) is 4. The van der Waals surface area contributed by atoms with E-state index in [1.54, 1.807) is 18.2 Å². The van der Waals surface area contributed by atoms with Gasteiger partial charge in [0.05, 0.1) is 0 Å². The van der Waals surface area contributed by atoms with Crippen molar-refractivity contribution in [1.29, 1.82) is 0 Å². The van der Waals surface area contributed by atoms with E-state index in [2.05, 4.69) is 14.7 Å². The van der Waals surface area contributed by atoms with Gasteiger partial charge in [-0.25, -0.2) is 4.39 Å². The Morgan fingerprint density at radius 1 is 1.40 bits per heavy atom. The number of nitrogens with two attached hydrogens (primary N) is 1. The van der Waals surface area contributed by atoms with Crippen LogP contribution in [0.2, 0.25) is 0 Å². The molecule has 1 unspecified atom stereocenters. The van der Waals surface area contributed by atoms with Crippen molar-refractivity contribution in [2.24, 2.45) is 5.73 Å². The van der Waals surface area contributed by atoms with Crippen LogP contribution in [0.25, 0.3) is 5.57 Å². The third-order valence-corrected chi connectivity index (χ3v) is 2.08. The molecule has 15 heavy (non-hydrogen) atoms. The molecule has 5 heteroatoms. The zero-order chi connectivity index (χ0) is 10.7. The minimum absolute atomic E-state index is 0.463. The summed E-state index contributed by atoms with van der Waals surface area (Å²) in [5, 5.41) is 3.70. The summed E-state index contributed by atoms with van der Waals surface area (Å²) >= 11 is 0. The first-order chi connectivity index (χ1) is 7.27. The van der Waals surface area contributed by atoms with Crippen molar-refractivity contribution in [2.75, 3.05) is 0 Å². The standard InChI is InChI=1S/C10H10FN3O/c11-9(12)7-2-1-3-8(5-4-7)10-13-6-15-14-10/h2-6,9H,1,12H2. The van der Waals surface area contributed by atoms with E-state index in [1.165, 1.54) is 6.39 Å². The van der Waals surface area contributed by atoms with Crippen molar-refractivity contribution < 1.29 is 8.91 Å². The molecule has 1 aliphatic rings. The number of allylic oxidation sites excluding steroid dienone is 4. The average Bonchev–Trinajstić information content (AvgIpc) is 2.62. The van der Waals surface area contributed by atoms with Gasteiger partial charge in [-0.15, -0.1) is 0 Å². The maximum atomic E-state index is 12.8. The molecule has 2 N–H and O–H groups in total. The summed E-state index contributed by atoms with van der Waals surface area (Å²) in [5.74, 6) is 0.494. The zero-order valence-electron chi connectivity index (χ0n) is 7.93. The second-order valence-electron chi connectivity index (χ2n) is 3.09. The van der Waals surface area contributed by atoms with Crippen molar-refractivity contribution >= 4 is 5.57 Å². The number of alkyl halides is 1. The van der Waals surface area contributed by atoms with Gasteiger partial charge >= 0.3 is 0 Å². The van der Waals surface area contributed by atoms with Crippen LogP contribution in [0.1, 0.15) is 12.2 Å². The van der Waals surface area contributed by atoms with Crippen LogP contribution in [-0.4, -0.2) is 16.4 Å². The number of aromatic nitrogens is 2. The molecule has 1 heterocycles. The molecule has 0 spiro atoms. The van der Waals surface area contributed by atoms with Gasteiger partial charge in [0.15, 0.2) is 6.30 Å². The first-order valence-electron chi connectivity index (χ1n) is 4.52. The summed E-state index contributed by atoms with van der Waals surface area (Å²) in [7, 11) is 0. The fraction of sp³-hybridized carbons (Fsp3) is 0.200. The molecule has 0 aliphatic heterocycles. The lowest BCUT2D eigenvalue weighted by Gasteiger charge is -2.00. The normalized spacial score (nSPS) is 18.0. The molecule has 78 valence electrons. The van der Waals surface area contributed by atoms with Gasteiger partial charge in [-0.1, -0.05) is 29.5 Å². The maximum absolute atomic E-state index is 12.8. The Balaban J connectivity index is 2.21. The van der Waals surface area contributed by atoms with Crippen LogP contribution >= 0.6 is 0 Å². The first kappa shape index (κ1) is 9.79. The number of hydrogen-bond donors (Lipinski definition) is 1. The quantitative estimate of drug-likeness (QED) is 0.748. The van der Waals surface area contributed by atoms with Gasteiger partial charge in [0, 0.05) is 5.57 Å². The van der Waals surface area contributed by atoms with E-state index in [1.807, 2.05) is 6.08 Å². The fourth-order valence-corrected chi connectivity index (χ4v) is 1.31. The molecule has 1 aromatic rings. The van der Waals surface area contributed by atoms with Crippen molar-refractivity contribution in [2.45, 2.75) is 12.7 Å². The Morgan fingerprint density at radius 3 is 2.93 bits per heavy atom. The summed E-state index contributed by atoms with van der Waals surface area (Å²) in [6.07, 6.45) is 7.38. The largest absolute Gasteiger partial charge is 0.342 e. The molecular formula is C10H10FN3O. The van der Waals surface area contributed by atoms with E-state index < -0.39 is 6.30 Å². The van der Waals surface area contributed by atoms with E-state index in [0.29, 0.717) is 17.8 Å². The Bertz CT molecular complexity index is 418. The second kappa shape index (κ2) is 4.18. The van der Waals surface area contributed by atoms with Gasteiger partial charge in [0.25, 0.3) is 0 Å². The number of rotatable bonds is 2. The summed E-state index contributed by atoms with van der Waals surface area (Å²) in [6.45, 7) is 0. The van der Waals surface area contributed by atoms with Gasteiger partial charge in [-0.05, 0) is 12.0 Å². The molecule has 0 saturated carbocycles. The van der Waals surface area contributed by atoms with Crippen LogP contribution in [0, 0.1) is 0 Å². The fourth-order valence-electron chi connectivity index (χ4n) is 1.31. The lowest BCUT2D eigenvalue weighted by Crippen LogP contribution is -2.14. The highest BCUT2D eigenvalue weighted by atomic mass is 19.1. The minimum Gasteiger partial charge on any atom is -0.342 e. The predicted molar refractivity (Wildman–Crippen MR) is 53.2 cm³/mol. The van der Waals surface area contributed by atoms with E-state index in [-0.39, 0.29) is 0 Å². The molecule has 1 aromatic heterocycles. The summed E-state index contributed by atoms with van der Waals surface area (Å²) in [6, 6.07) is 0. The summed E-state index contributed by atoms with van der Waals surface area (Å²) in [4.78, 5) is 3.91. The average molecular weight is 207 g/mol. The van der Waals surface area contributed by atoms with Crippen molar-refractivity contribution in [1.82, 2.24) is 10.1 Å². The highest BCUT2D eigenvalue weighted by Gasteiger charge is 2.08. The molecule has 0 bridgehead atoms. The van der Waals surface area contributed by atoms with Gasteiger partial charge in [0.2, 0.25) is 12.2 Å². The molecule has 1 atom stereocenters. The molecule has 0 saturated heterocycles. The van der Waals surface area contributed by atoms with Gasteiger partial charge in [-0.2, -0.15) is 4.98 Å². The molecule has 0 aromatic carbocycles. The third-order valence-electron chi connectivity index (χ3n) is 2.08. The van der Waals surface area contributed by atoms with Gasteiger partial charge in [-0.3, -0.25) is 5.73 Å². The van der Waals surface area contributed by atoms with E-state index >= 15 is 0 Å². The Hall–Kier alpha value is -1.75. The summed E-state index contributed by atoms with van der Waals surface area (Å²) in [5.41, 5.74) is 6.41. The third kappa shape index (κ3) is 2.19. The van der Waals surface area contributed by atoms with Crippen molar-refractivity contribution in [3.05, 3.63) is 42.1 Å². The van der Waals surface area contributed by atoms with Crippen LogP contribution in [-0.2, 0) is 0 Å². The van der Waals surface area contributed by atoms with Crippen LogP contribution in [0.3, 0.4) is 0 Å². The second-order valence-corrected chi connectivity index (χ2v) is 3.09. The summed E-state index contributed by atoms with van der Waals surface area (Å²) < 4.78 is 17.5. The highest BCUT2D eigenvalue weighted by molar-refractivity contribution is 5.70. The topological polar surface area (TPSA) is 64.9 Å². The molecule has 0 fully saturated rings. The van der Waals surface area contributed by atoms with Gasteiger partial charge < -0.3 is 4.52 Å². The van der Waals surface area contributed by atoms with Gasteiger partial charge in [0.1, 0.15) is 0 Å². The van der Waals surface area contributed by atoms with E-state index in [9.17, 15) is 4.39 Å². The van der Waals surface area contributed by atoms with Crippen LogP contribution < -0.4 is 5.73 Å². The molecular weight excluding hydrogens is 197 g/mol. The number of halogens is 1. The Morgan fingerprint density at radius 2 is 2.27 bits per heavy atom. The van der Waals surface area contributed by atoms with Crippen LogP contribution in [0.15, 0.2) is 40.8 Å². The van der Waals surface area contributed by atoms with Crippen molar-refractivity contribution in [3.63, 3.8) is 0 Å². The molecule has 0 radical (unpaired) electrons. The lowest BCUT2D eigenvalue weighted by atomic mass is 10.2. The molecule has 1 aliphatic carbocycles. The molecule has 0 amide bonds. The van der Waals surface area contributed by atoms with Crippen molar-refractivity contribution in [3.8, 4) is 0 Å². The van der Waals surface area contributed by atoms with Crippen LogP contribution in [0.5, 0.6) is 0 Å². The van der Waals surface area contributed by atoms with E-state index in [0.717, 1.165) is 5.57 Å². The lowest BCUT2D eigenvalue weighted by molar-refractivity contribution is 0.399. The molecule has 2 rings (SSSR count). The van der Waals surface area contributed by atoms with Crippen LogP contribution in [0.4, 0.5) is 4.39 Å². The smallest absolute Gasteiger partial charge is 0.214 e. The predicted octanol–water partition coefficient (Wildman–Crippen LogP) is 1.59. The highest BCUT2D eigenvalue weighted by Crippen LogP contribution is 2.18. The minimum atomic E-state index is -1.45. The monoisotopic (exact) mass is 207 g/mol.